The Morgan fingerprint density at radius 1 is 1.67 bits per heavy atom. The molecule has 0 heterocycles. The second kappa shape index (κ2) is 3.18. The van der Waals surface area contributed by atoms with Crippen LogP contribution >= 0.6 is 0 Å². The lowest BCUT2D eigenvalue weighted by Crippen LogP contribution is -2.28. The molecule has 2 heteroatoms. The van der Waals surface area contributed by atoms with Crippen molar-refractivity contribution in [3.8, 4) is 0 Å². The highest BCUT2D eigenvalue weighted by atomic mass is 16.3. The third-order valence-electron chi connectivity index (χ3n) is 2.00. The molecule has 1 fully saturated rings. The second-order valence-corrected chi connectivity index (χ2v) is 2.74. The van der Waals surface area contributed by atoms with E-state index >= 15 is 0 Å². The normalized spacial score (nSPS) is 22.0. The standard InChI is InChI=1S/C7H15NO/c1-8-7(4-5-9)6-2-3-6/h6-9H,2-5H2,1H3. The SMILES string of the molecule is CNC(CCO)C1CC1. The molecular formula is C7H15NO. The first-order valence-corrected chi connectivity index (χ1v) is 3.66. The molecule has 54 valence electrons. The van der Waals surface area contributed by atoms with E-state index in [2.05, 4.69) is 5.32 Å². The number of aliphatic hydroxyl groups excluding tert-OH is 1. The molecule has 1 aliphatic carbocycles. The van der Waals surface area contributed by atoms with Crippen LogP contribution in [0.2, 0.25) is 0 Å². The van der Waals surface area contributed by atoms with Gasteiger partial charge in [0, 0.05) is 12.6 Å². The minimum Gasteiger partial charge on any atom is -0.396 e. The van der Waals surface area contributed by atoms with Crippen molar-refractivity contribution in [3.63, 3.8) is 0 Å². The van der Waals surface area contributed by atoms with Crippen LogP contribution in [0.25, 0.3) is 0 Å². The summed E-state index contributed by atoms with van der Waals surface area (Å²) in [4.78, 5) is 0. The maximum absolute atomic E-state index is 8.60. The molecule has 9 heavy (non-hydrogen) atoms. The molecule has 1 atom stereocenters. The van der Waals surface area contributed by atoms with E-state index in [1.54, 1.807) is 0 Å². The van der Waals surface area contributed by atoms with Crippen LogP contribution in [-0.2, 0) is 0 Å². The molecule has 0 aromatic carbocycles. The molecule has 1 rings (SSSR count). The van der Waals surface area contributed by atoms with Gasteiger partial charge in [0.15, 0.2) is 0 Å². The number of hydrogen-bond acceptors (Lipinski definition) is 2. The van der Waals surface area contributed by atoms with Crippen LogP contribution in [0.5, 0.6) is 0 Å². The van der Waals surface area contributed by atoms with E-state index in [0.29, 0.717) is 12.6 Å². The van der Waals surface area contributed by atoms with Crippen LogP contribution in [0.4, 0.5) is 0 Å². The molecule has 0 aromatic rings. The third kappa shape index (κ3) is 1.95. The highest BCUT2D eigenvalue weighted by Crippen LogP contribution is 2.33. The highest BCUT2D eigenvalue weighted by molar-refractivity contribution is 4.84. The van der Waals surface area contributed by atoms with E-state index in [0.717, 1.165) is 12.3 Å². The van der Waals surface area contributed by atoms with Crippen LogP contribution in [0.1, 0.15) is 19.3 Å². The first-order chi connectivity index (χ1) is 4.38. The van der Waals surface area contributed by atoms with Crippen molar-refractivity contribution < 1.29 is 5.11 Å². The Bertz CT molecular complexity index is 81.0. The van der Waals surface area contributed by atoms with E-state index in [9.17, 15) is 0 Å². The monoisotopic (exact) mass is 129 g/mol. The van der Waals surface area contributed by atoms with Crippen LogP contribution in [0.3, 0.4) is 0 Å². The minimum absolute atomic E-state index is 0.321. The predicted molar refractivity (Wildman–Crippen MR) is 37.3 cm³/mol. The summed E-state index contributed by atoms with van der Waals surface area (Å²) in [6, 6.07) is 0.579. The largest absolute Gasteiger partial charge is 0.396 e. The molecule has 2 nitrogen and oxygen atoms in total. The van der Waals surface area contributed by atoms with Gasteiger partial charge in [0.05, 0.1) is 0 Å². The Balaban J connectivity index is 2.12. The Kier molecular flexibility index (Phi) is 2.49. The van der Waals surface area contributed by atoms with Crippen molar-refractivity contribution >= 4 is 0 Å². The predicted octanol–water partition coefficient (Wildman–Crippen LogP) is 0.367. The van der Waals surface area contributed by atoms with Crippen molar-refractivity contribution in [2.45, 2.75) is 25.3 Å². The van der Waals surface area contributed by atoms with Crippen molar-refractivity contribution in [3.05, 3.63) is 0 Å². The first-order valence-electron chi connectivity index (χ1n) is 3.66. The summed E-state index contributed by atoms with van der Waals surface area (Å²) in [5, 5.41) is 11.8. The van der Waals surface area contributed by atoms with E-state index < -0.39 is 0 Å². The van der Waals surface area contributed by atoms with Gasteiger partial charge < -0.3 is 10.4 Å². The van der Waals surface area contributed by atoms with E-state index in [1.165, 1.54) is 12.8 Å². The Labute approximate surface area is 56.3 Å². The maximum Gasteiger partial charge on any atom is 0.0445 e. The van der Waals surface area contributed by atoms with Gasteiger partial charge in [-0.3, -0.25) is 0 Å². The van der Waals surface area contributed by atoms with E-state index in [1.807, 2.05) is 7.05 Å². The molecule has 1 unspecified atom stereocenters. The molecule has 0 amide bonds. The summed E-state index contributed by atoms with van der Waals surface area (Å²) >= 11 is 0. The molecule has 0 radical (unpaired) electrons. The van der Waals surface area contributed by atoms with Gasteiger partial charge in [0.1, 0.15) is 0 Å². The number of nitrogens with one attached hydrogen (secondary N) is 1. The lowest BCUT2D eigenvalue weighted by atomic mass is 10.1. The van der Waals surface area contributed by atoms with Crippen molar-refractivity contribution in [1.29, 1.82) is 0 Å². The number of rotatable bonds is 4. The molecule has 0 saturated heterocycles. The van der Waals surface area contributed by atoms with Gasteiger partial charge in [0.25, 0.3) is 0 Å². The maximum atomic E-state index is 8.60. The molecule has 1 aliphatic rings. The molecule has 1 saturated carbocycles. The van der Waals surface area contributed by atoms with Gasteiger partial charge in [-0.05, 0) is 32.2 Å². The van der Waals surface area contributed by atoms with Gasteiger partial charge in [-0.25, -0.2) is 0 Å². The van der Waals surface area contributed by atoms with Gasteiger partial charge in [0.2, 0.25) is 0 Å². The average molecular weight is 129 g/mol. The van der Waals surface area contributed by atoms with Crippen LogP contribution in [0.15, 0.2) is 0 Å². The molecular weight excluding hydrogens is 114 g/mol. The molecule has 0 bridgehead atoms. The van der Waals surface area contributed by atoms with Gasteiger partial charge in [-0.2, -0.15) is 0 Å². The highest BCUT2D eigenvalue weighted by Gasteiger charge is 2.29. The number of aliphatic hydroxyl groups is 1. The van der Waals surface area contributed by atoms with Gasteiger partial charge in [-0.15, -0.1) is 0 Å². The fourth-order valence-corrected chi connectivity index (χ4v) is 1.25. The zero-order valence-corrected chi connectivity index (χ0v) is 5.93. The zero-order chi connectivity index (χ0) is 6.69. The van der Waals surface area contributed by atoms with Gasteiger partial charge >= 0.3 is 0 Å². The minimum atomic E-state index is 0.321. The van der Waals surface area contributed by atoms with E-state index in [-0.39, 0.29) is 0 Å². The van der Waals surface area contributed by atoms with Gasteiger partial charge in [-0.1, -0.05) is 0 Å². The van der Waals surface area contributed by atoms with Crippen LogP contribution in [0, 0.1) is 5.92 Å². The Morgan fingerprint density at radius 3 is 2.67 bits per heavy atom. The molecule has 0 spiro atoms. The Hall–Kier alpha value is -0.0800. The second-order valence-electron chi connectivity index (χ2n) is 2.74. The third-order valence-corrected chi connectivity index (χ3v) is 2.00. The van der Waals surface area contributed by atoms with E-state index in [4.69, 9.17) is 5.11 Å². The summed E-state index contributed by atoms with van der Waals surface area (Å²) in [7, 11) is 1.97. The average Bonchev–Trinajstić information content (AvgIpc) is 2.64. The summed E-state index contributed by atoms with van der Waals surface area (Å²) in [6.45, 7) is 0.321. The quantitative estimate of drug-likeness (QED) is 0.574. The lowest BCUT2D eigenvalue weighted by Gasteiger charge is -2.12. The molecule has 0 aliphatic heterocycles. The van der Waals surface area contributed by atoms with Crippen molar-refractivity contribution in [1.82, 2.24) is 5.32 Å². The fraction of sp³-hybridized carbons (Fsp3) is 1.00. The van der Waals surface area contributed by atoms with Crippen LogP contribution < -0.4 is 5.32 Å². The smallest absolute Gasteiger partial charge is 0.0445 e. The van der Waals surface area contributed by atoms with Crippen LogP contribution in [-0.4, -0.2) is 24.8 Å². The lowest BCUT2D eigenvalue weighted by molar-refractivity contribution is 0.260. The first kappa shape index (κ1) is 7.03. The topological polar surface area (TPSA) is 32.3 Å². The zero-order valence-electron chi connectivity index (χ0n) is 5.93. The molecule has 0 aromatic heterocycles. The summed E-state index contributed by atoms with van der Waals surface area (Å²) in [5.74, 6) is 0.863. The fourth-order valence-electron chi connectivity index (χ4n) is 1.25. The Morgan fingerprint density at radius 2 is 2.33 bits per heavy atom. The molecule has 2 N–H and O–H groups in total. The summed E-state index contributed by atoms with van der Waals surface area (Å²) in [5.41, 5.74) is 0. The summed E-state index contributed by atoms with van der Waals surface area (Å²) in [6.07, 6.45) is 3.62. The van der Waals surface area contributed by atoms with Crippen molar-refractivity contribution in [2.24, 2.45) is 5.92 Å². The number of hydrogen-bond donors (Lipinski definition) is 2. The summed E-state index contributed by atoms with van der Waals surface area (Å²) < 4.78 is 0. The van der Waals surface area contributed by atoms with Crippen molar-refractivity contribution in [2.75, 3.05) is 13.7 Å².